The molecule has 0 aliphatic carbocycles. The van der Waals surface area contributed by atoms with Crippen LogP contribution in [0.3, 0.4) is 0 Å². The van der Waals surface area contributed by atoms with Crippen molar-refractivity contribution < 1.29 is 4.39 Å². The van der Waals surface area contributed by atoms with Crippen molar-refractivity contribution in [3.8, 4) is 0 Å². The Morgan fingerprint density at radius 2 is 2.38 bits per heavy atom. The fraction of sp³-hybridized carbons (Fsp3) is 0.500. The van der Waals surface area contributed by atoms with E-state index in [2.05, 4.69) is 17.1 Å². The Balaban J connectivity index is 2.10. The Morgan fingerprint density at radius 3 is 3.12 bits per heavy atom. The van der Waals surface area contributed by atoms with Crippen molar-refractivity contribution in [2.24, 2.45) is 0 Å². The molecule has 1 aliphatic heterocycles. The maximum atomic E-state index is 13.1. The van der Waals surface area contributed by atoms with Crippen LogP contribution >= 0.6 is 11.6 Å². The van der Waals surface area contributed by atoms with Crippen LogP contribution in [0.15, 0.2) is 18.2 Å². The molecule has 88 valence electrons. The average molecular weight is 243 g/mol. The van der Waals surface area contributed by atoms with Crippen molar-refractivity contribution in [2.75, 3.05) is 19.6 Å². The van der Waals surface area contributed by atoms with Crippen LogP contribution in [0, 0.1) is 5.82 Å². The predicted octanol–water partition coefficient (Wildman–Crippen LogP) is 2.27. The first-order valence-electron chi connectivity index (χ1n) is 5.55. The van der Waals surface area contributed by atoms with Crippen LogP contribution in [0.5, 0.6) is 0 Å². The quantitative estimate of drug-likeness (QED) is 0.856. The van der Waals surface area contributed by atoms with Crippen LogP contribution in [-0.2, 0) is 6.54 Å². The average Bonchev–Trinajstić information content (AvgIpc) is 2.27. The molecule has 16 heavy (non-hydrogen) atoms. The van der Waals surface area contributed by atoms with Crippen LogP contribution in [0.1, 0.15) is 12.5 Å². The van der Waals surface area contributed by atoms with Crippen molar-refractivity contribution in [3.63, 3.8) is 0 Å². The highest BCUT2D eigenvalue weighted by Crippen LogP contribution is 2.20. The van der Waals surface area contributed by atoms with Gasteiger partial charge in [-0.3, -0.25) is 4.90 Å². The van der Waals surface area contributed by atoms with E-state index in [1.165, 1.54) is 12.1 Å². The molecule has 1 saturated heterocycles. The number of piperazine rings is 1. The Morgan fingerprint density at radius 1 is 1.56 bits per heavy atom. The van der Waals surface area contributed by atoms with E-state index in [-0.39, 0.29) is 5.82 Å². The van der Waals surface area contributed by atoms with Crippen molar-refractivity contribution in [2.45, 2.75) is 19.5 Å². The Labute approximate surface area is 100 Å². The van der Waals surface area contributed by atoms with Crippen molar-refractivity contribution in [3.05, 3.63) is 34.6 Å². The minimum absolute atomic E-state index is 0.220. The van der Waals surface area contributed by atoms with Gasteiger partial charge in [0.05, 0.1) is 0 Å². The van der Waals surface area contributed by atoms with Crippen molar-refractivity contribution in [1.82, 2.24) is 10.2 Å². The van der Waals surface area contributed by atoms with Crippen LogP contribution in [0.4, 0.5) is 4.39 Å². The van der Waals surface area contributed by atoms with E-state index < -0.39 is 0 Å². The summed E-state index contributed by atoms with van der Waals surface area (Å²) in [5, 5.41) is 3.97. The number of halogens is 2. The zero-order valence-electron chi connectivity index (χ0n) is 9.34. The molecule has 1 fully saturated rings. The molecule has 2 nitrogen and oxygen atoms in total. The lowest BCUT2D eigenvalue weighted by Gasteiger charge is -2.34. The second-order valence-electron chi connectivity index (χ2n) is 4.26. The third-order valence-electron chi connectivity index (χ3n) is 3.02. The first-order valence-corrected chi connectivity index (χ1v) is 5.93. The summed E-state index contributed by atoms with van der Waals surface area (Å²) in [5.41, 5.74) is 0.871. The zero-order chi connectivity index (χ0) is 11.5. The molecule has 0 aromatic heterocycles. The summed E-state index contributed by atoms with van der Waals surface area (Å²) in [6, 6.07) is 5.01. The summed E-state index contributed by atoms with van der Waals surface area (Å²) in [6.45, 7) is 5.83. The monoisotopic (exact) mass is 242 g/mol. The number of nitrogens with one attached hydrogen (secondary N) is 1. The lowest BCUT2D eigenvalue weighted by molar-refractivity contribution is 0.165. The molecule has 1 aromatic rings. The van der Waals surface area contributed by atoms with Gasteiger partial charge < -0.3 is 5.32 Å². The molecule has 0 unspecified atom stereocenters. The third-order valence-corrected chi connectivity index (χ3v) is 3.39. The standard InChI is InChI=1S/C12H16ClFN2/c1-9-7-15-4-5-16(9)8-10-6-11(14)2-3-12(10)13/h2-3,6,9,15H,4-5,7-8H2,1H3/t9-/m1/s1. The summed E-state index contributed by atoms with van der Waals surface area (Å²) in [6.07, 6.45) is 0. The summed E-state index contributed by atoms with van der Waals surface area (Å²) in [7, 11) is 0. The van der Waals surface area contributed by atoms with E-state index in [1.807, 2.05) is 0 Å². The lowest BCUT2D eigenvalue weighted by atomic mass is 10.1. The van der Waals surface area contributed by atoms with Gasteiger partial charge in [0.2, 0.25) is 0 Å². The topological polar surface area (TPSA) is 15.3 Å². The van der Waals surface area contributed by atoms with Gasteiger partial charge in [0.15, 0.2) is 0 Å². The normalized spacial score (nSPS) is 22.3. The van der Waals surface area contributed by atoms with Crippen LogP contribution in [0.25, 0.3) is 0 Å². The SMILES string of the molecule is C[C@@H]1CNCCN1Cc1cc(F)ccc1Cl. The molecule has 4 heteroatoms. The molecule has 2 rings (SSSR count). The maximum Gasteiger partial charge on any atom is 0.123 e. The maximum absolute atomic E-state index is 13.1. The second-order valence-corrected chi connectivity index (χ2v) is 4.67. The molecule has 1 atom stereocenters. The molecule has 1 N–H and O–H groups in total. The molecular formula is C12H16ClFN2. The number of hydrogen-bond acceptors (Lipinski definition) is 2. The molecular weight excluding hydrogens is 227 g/mol. The van der Waals surface area contributed by atoms with Gasteiger partial charge in [0.25, 0.3) is 0 Å². The Kier molecular flexibility index (Phi) is 3.79. The first-order chi connectivity index (χ1) is 7.66. The van der Waals surface area contributed by atoms with Gasteiger partial charge in [-0.2, -0.15) is 0 Å². The van der Waals surface area contributed by atoms with Gasteiger partial charge >= 0.3 is 0 Å². The smallest absolute Gasteiger partial charge is 0.123 e. The number of rotatable bonds is 2. The predicted molar refractivity (Wildman–Crippen MR) is 64.2 cm³/mol. The lowest BCUT2D eigenvalue weighted by Crippen LogP contribution is -2.49. The van der Waals surface area contributed by atoms with E-state index in [1.54, 1.807) is 6.07 Å². The molecule has 1 heterocycles. The van der Waals surface area contributed by atoms with Gasteiger partial charge in [-0.05, 0) is 30.7 Å². The summed E-state index contributed by atoms with van der Waals surface area (Å²) >= 11 is 6.05. The Hall–Kier alpha value is -0.640. The number of benzene rings is 1. The fourth-order valence-electron chi connectivity index (χ4n) is 2.00. The van der Waals surface area contributed by atoms with Gasteiger partial charge in [-0.15, -0.1) is 0 Å². The number of nitrogens with zero attached hydrogens (tertiary/aromatic N) is 1. The fourth-order valence-corrected chi connectivity index (χ4v) is 2.18. The van der Waals surface area contributed by atoms with Crippen molar-refractivity contribution in [1.29, 1.82) is 0 Å². The molecule has 0 amide bonds. The summed E-state index contributed by atoms with van der Waals surface area (Å²) in [5.74, 6) is -0.220. The third kappa shape index (κ3) is 2.73. The molecule has 0 bridgehead atoms. The second kappa shape index (κ2) is 5.13. The molecule has 0 radical (unpaired) electrons. The van der Waals surface area contributed by atoms with E-state index in [4.69, 9.17) is 11.6 Å². The van der Waals surface area contributed by atoms with E-state index in [0.717, 1.165) is 31.7 Å². The highest BCUT2D eigenvalue weighted by atomic mass is 35.5. The van der Waals surface area contributed by atoms with E-state index >= 15 is 0 Å². The van der Waals surface area contributed by atoms with E-state index in [9.17, 15) is 4.39 Å². The number of hydrogen-bond donors (Lipinski definition) is 1. The van der Waals surface area contributed by atoms with Crippen LogP contribution in [0.2, 0.25) is 5.02 Å². The zero-order valence-corrected chi connectivity index (χ0v) is 10.1. The molecule has 0 saturated carbocycles. The summed E-state index contributed by atoms with van der Waals surface area (Å²) < 4.78 is 13.1. The molecule has 1 aliphatic rings. The van der Waals surface area contributed by atoms with Crippen LogP contribution in [-0.4, -0.2) is 30.6 Å². The van der Waals surface area contributed by atoms with Gasteiger partial charge in [0, 0.05) is 37.2 Å². The minimum atomic E-state index is -0.220. The highest BCUT2D eigenvalue weighted by Gasteiger charge is 2.18. The first kappa shape index (κ1) is 11.8. The van der Waals surface area contributed by atoms with Crippen molar-refractivity contribution >= 4 is 11.6 Å². The highest BCUT2D eigenvalue weighted by molar-refractivity contribution is 6.31. The molecule has 0 spiro atoms. The van der Waals surface area contributed by atoms with Gasteiger partial charge in [-0.25, -0.2) is 4.39 Å². The summed E-state index contributed by atoms with van der Waals surface area (Å²) in [4.78, 5) is 2.32. The largest absolute Gasteiger partial charge is 0.314 e. The van der Waals surface area contributed by atoms with Gasteiger partial charge in [-0.1, -0.05) is 11.6 Å². The Bertz CT molecular complexity index is 370. The van der Waals surface area contributed by atoms with Gasteiger partial charge in [0.1, 0.15) is 5.82 Å². The van der Waals surface area contributed by atoms with Crippen LogP contribution < -0.4 is 5.32 Å². The molecule has 1 aromatic carbocycles. The van der Waals surface area contributed by atoms with E-state index in [0.29, 0.717) is 11.1 Å². The minimum Gasteiger partial charge on any atom is -0.314 e.